The van der Waals surface area contributed by atoms with Crippen LogP contribution in [0.1, 0.15) is 36.6 Å². The van der Waals surface area contributed by atoms with Crippen molar-refractivity contribution in [1.82, 2.24) is 15.0 Å². The van der Waals surface area contributed by atoms with Crippen LogP contribution in [0.15, 0.2) is 54.6 Å². The molecule has 0 aliphatic rings. The van der Waals surface area contributed by atoms with Gasteiger partial charge in [-0.05, 0) is 42.5 Å². The lowest BCUT2D eigenvalue weighted by molar-refractivity contribution is -0.192. The van der Waals surface area contributed by atoms with Gasteiger partial charge in [0, 0.05) is 32.7 Å². The lowest BCUT2D eigenvalue weighted by atomic mass is 10.1. The summed E-state index contributed by atoms with van der Waals surface area (Å²) in [5.74, 6) is -1.34. The van der Waals surface area contributed by atoms with Crippen LogP contribution in [0, 0.1) is 0 Å². The van der Waals surface area contributed by atoms with Crippen molar-refractivity contribution in [2.45, 2.75) is 38.8 Å². The molecule has 0 aliphatic heterocycles. The Morgan fingerprint density at radius 3 is 2.38 bits per heavy atom. The van der Waals surface area contributed by atoms with Crippen LogP contribution in [0.5, 0.6) is 0 Å². The molecule has 0 saturated heterocycles. The number of fused-ring (bicyclic) bond motifs is 1. The number of aliphatic hydroxyl groups excluding tert-OH is 1. The van der Waals surface area contributed by atoms with Crippen molar-refractivity contribution >= 4 is 44.4 Å². The molecule has 0 atom stereocenters. The highest BCUT2D eigenvalue weighted by Gasteiger charge is 2.38. The summed E-state index contributed by atoms with van der Waals surface area (Å²) in [6.45, 7) is 3.15. The molecule has 4 aromatic rings. The fraction of sp³-hybridized carbons (Fsp3) is 0.333. The Bertz CT molecular complexity index is 1370. The fourth-order valence-corrected chi connectivity index (χ4v) is 4.46. The van der Waals surface area contributed by atoms with E-state index in [0.717, 1.165) is 54.4 Å². The van der Waals surface area contributed by atoms with Crippen LogP contribution in [0.2, 0.25) is 0 Å². The highest BCUT2D eigenvalue weighted by Crippen LogP contribution is 2.29. The van der Waals surface area contributed by atoms with Gasteiger partial charge in [0.15, 0.2) is 5.13 Å². The number of hydrogen-bond donors (Lipinski definition) is 3. The number of anilines is 3. The van der Waals surface area contributed by atoms with Crippen molar-refractivity contribution in [2.75, 3.05) is 30.4 Å². The Labute approximate surface area is 228 Å². The molecule has 4 rings (SSSR count). The molecule has 0 radical (unpaired) electrons. The van der Waals surface area contributed by atoms with Gasteiger partial charge in [-0.25, -0.2) is 14.8 Å². The summed E-state index contributed by atoms with van der Waals surface area (Å²) in [7, 11) is 1.99. The number of rotatable bonds is 10. The number of nitrogens with zero attached hydrogens (tertiary/aromatic N) is 4. The number of aliphatic carboxylic acids is 1. The van der Waals surface area contributed by atoms with Gasteiger partial charge in [-0.2, -0.15) is 18.2 Å². The molecule has 0 saturated carbocycles. The molecule has 0 fully saturated rings. The first-order valence-electron chi connectivity index (χ1n) is 12.3. The van der Waals surface area contributed by atoms with Crippen LogP contribution in [0.3, 0.4) is 0 Å². The number of halogens is 3. The molecule has 3 N–H and O–H groups in total. The molecule has 39 heavy (non-hydrogen) atoms. The molecule has 208 valence electrons. The number of benzene rings is 2. The van der Waals surface area contributed by atoms with Crippen molar-refractivity contribution in [3.63, 3.8) is 0 Å². The Hall–Kier alpha value is -3.77. The van der Waals surface area contributed by atoms with E-state index in [4.69, 9.17) is 30.0 Å². The van der Waals surface area contributed by atoms with Crippen molar-refractivity contribution in [1.29, 1.82) is 0 Å². The normalized spacial score (nSPS) is 11.1. The largest absolute Gasteiger partial charge is 0.490 e. The fourth-order valence-electron chi connectivity index (χ4n) is 3.53. The van der Waals surface area contributed by atoms with E-state index in [2.05, 4.69) is 42.6 Å². The maximum absolute atomic E-state index is 10.6. The van der Waals surface area contributed by atoms with E-state index in [1.807, 2.05) is 36.2 Å². The summed E-state index contributed by atoms with van der Waals surface area (Å²) in [5, 5.41) is 20.5. The zero-order valence-corrected chi connectivity index (χ0v) is 22.4. The van der Waals surface area contributed by atoms with Gasteiger partial charge in [-0.1, -0.05) is 54.7 Å². The second-order valence-electron chi connectivity index (χ2n) is 8.66. The molecular formula is C27H30F3N5O3S. The lowest BCUT2D eigenvalue weighted by Gasteiger charge is -2.18. The van der Waals surface area contributed by atoms with Gasteiger partial charge in [-0.15, -0.1) is 0 Å². The highest BCUT2D eigenvalue weighted by molar-refractivity contribution is 7.22. The molecule has 2 aromatic carbocycles. The van der Waals surface area contributed by atoms with Gasteiger partial charge in [0.1, 0.15) is 5.82 Å². The summed E-state index contributed by atoms with van der Waals surface area (Å²) in [6, 6.07) is 18.8. The SMILES string of the molecule is CCc1ccc2nc(Nc3cc(Cc4ccccc4)nc(N(C)CCCCO)n3)sc2c1.O=C(O)C(F)(F)F. The summed E-state index contributed by atoms with van der Waals surface area (Å²) in [5.41, 5.74) is 4.46. The summed E-state index contributed by atoms with van der Waals surface area (Å²) in [4.78, 5) is 25.2. The van der Waals surface area contributed by atoms with Crippen molar-refractivity contribution in [2.24, 2.45) is 0 Å². The molecule has 12 heteroatoms. The first-order valence-corrected chi connectivity index (χ1v) is 13.1. The van der Waals surface area contributed by atoms with E-state index in [1.54, 1.807) is 11.3 Å². The zero-order chi connectivity index (χ0) is 28.4. The second-order valence-corrected chi connectivity index (χ2v) is 9.69. The first kappa shape index (κ1) is 29.8. The number of carboxylic acid groups (broad SMARTS) is 1. The van der Waals surface area contributed by atoms with E-state index < -0.39 is 12.1 Å². The van der Waals surface area contributed by atoms with E-state index in [1.165, 1.54) is 15.8 Å². The van der Waals surface area contributed by atoms with E-state index in [-0.39, 0.29) is 6.61 Å². The maximum atomic E-state index is 10.6. The van der Waals surface area contributed by atoms with Gasteiger partial charge < -0.3 is 20.4 Å². The van der Waals surface area contributed by atoms with Gasteiger partial charge >= 0.3 is 12.1 Å². The van der Waals surface area contributed by atoms with Crippen molar-refractivity contribution in [3.8, 4) is 0 Å². The second kappa shape index (κ2) is 13.9. The average Bonchev–Trinajstić information content (AvgIpc) is 3.30. The monoisotopic (exact) mass is 561 g/mol. The number of aliphatic hydroxyl groups is 1. The number of thiazole rings is 1. The topological polar surface area (TPSA) is 111 Å². The van der Waals surface area contributed by atoms with Gasteiger partial charge in [0.25, 0.3) is 0 Å². The minimum absolute atomic E-state index is 0.201. The van der Waals surface area contributed by atoms with E-state index >= 15 is 0 Å². The zero-order valence-electron chi connectivity index (χ0n) is 21.6. The van der Waals surface area contributed by atoms with Crippen LogP contribution in [-0.2, 0) is 17.6 Å². The number of carbonyl (C=O) groups is 1. The van der Waals surface area contributed by atoms with Gasteiger partial charge in [0.05, 0.1) is 15.9 Å². The third kappa shape index (κ3) is 9.18. The lowest BCUT2D eigenvalue weighted by Crippen LogP contribution is -2.22. The van der Waals surface area contributed by atoms with Crippen molar-refractivity contribution < 1.29 is 28.2 Å². The minimum atomic E-state index is -5.08. The molecule has 0 aliphatic carbocycles. The number of alkyl halides is 3. The van der Waals surface area contributed by atoms with Crippen LogP contribution >= 0.6 is 11.3 Å². The Morgan fingerprint density at radius 1 is 1.03 bits per heavy atom. The quantitative estimate of drug-likeness (QED) is 0.208. The summed E-state index contributed by atoms with van der Waals surface area (Å²) < 4.78 is 32.9. The highest BCUT2D eigenvalue weighted by atomic mass is 32.1. The number of hydrogen-bond acceptors (Lipinski definition) is 8. The Balaban J connectivity index is 0.000000532. The third-order valence-electron chi connectivity index (χ3n) is 5.58. The maximum Gasteiger partial charge on any atom is 0.490 e. The number of aromatic nitrogens is 3. The van der Waals surface area contributed by atoms with Crippen LogP contribution < -0.4 is 10.2 Å². The van der Waals surface area contributed by atoms with E-state index in [9.17, 15) is 13.2 Å². The predicted octanol–water partition coefficient (Wildman–Crippen LogP) is 5.83. The number of nitrogens with one attached hydrogen (secondary N) is 1. The predicted molar refractivity (Wildman–Crippen MR) is 147 cm³/mol. The Morgan fingerprint density at radius 2 is 1.74 bits per heavy atom. The molecule has 0 bridgehead atoms. The molecule has 0 unspecified atom stereocenters. The number of unbranched alkanes of at least 4 members (excludes halogenated alkanes) is 1. The molecule has 8 nitrogen and oxygen atoms in total. The molecular weight excluding hydrogens is 531 g/mol. The smallest absolute Gasteiger partial charge is 0.475 e. The molecule has 2 aromatic heterocycles. The number of aryl methyl sites for hydroxylation is 1. The van der Waals surface area contributed by atoms with Crippen LogP contribution in [0.4, 0.5) is 30.1 Å². The van der Waals surface area contributed by atoms with Gasteiger partial charge in [-0.3, -0.25) is 0 Å². The first-order chi connectivity index (χ1) is 18.6. The third-order valence-corrected chi connectivity index (χ3v) is 6.51. The summed E-state index contributed by atoms with van der Waals surface area (Å²) in [6.07, 6.45) is -1.68. The molecule has 0 spiro atoms. The van der Waals surface area contributed by atoms with Gasteiger partial charge in [0.2, 0.25) is 5.95 Å². The van der Waals surface area contributed by atoms with Crippen LogP contribution in [0.25, 0.3) is 10.2 Å². The van der Waals surface area contributed by atoms with E-state index in [0.29, 0.717) is 5.95 Å². The standard InChI is InChI=1S/C25H29N5OS.C2HF3O2/c1-3-18-11-12-21-22(16-18)32-25(27-21)29-23-17-20(15-19-9-5-4-6-10-19)26-24(28-23)30(2)13-7-8-14-31;3-2(4,5)1(6)7/h4-6,9-12,16-17,31H,3,7-8,13-15H2,1-2H3,(H,26,27,28,29);(H,6,7). The Kier molecular flexibility index (Phi) is 10.6. The number of carboxylic acids is 1. The summed E-state index contributed by atoms with van der Waals surface area (Å²) >= 11 is 1.64. The van der Waals surface area contributed by atoms with Crippen molar-refractivity contribution in [3.05, 3.63) is 71.4 Å². The average molecular weight is 562 g/mol. The molecule has 0 amide bonds. The minimum Gasteiger partial charge on any atom is -0.475 e. The molecule has 2 heterocycles. The van der Waals surface area contributed by atoms with Crippen LogP contribution in [-0.4, -0.2) is 57.5 Å².